The number of fused-ring (bicyclic) bond motifs is 1. The Hall–Kier alpha value is -4.05. The summed E-state index contributed by atoms with van der Waals surface area (Å²) < 4.78 is 124. The van der Waals surface area contributed by atoms with Gasteiger partial charge in [-0.15, -0.1) is 0 Å². The smallest absolute Gasteiger partial charge is 0.382 e. The number of rotatable bonds is 4. The Morgan fingerprint density at radius 2 is 1.77 bits per heavy atom. The minimum atomic E-state index is -4.95. The van der Waals surface area contributed by atoms with E-state index in [-0.39, 0.29) is 0 Å². The molecule has 3 heterocycles. The van der Waals surface area contributed by atoms with Crippen LogP contribution < -0.4 is 11.1 Å². The van der Waals surface area contributed by atoms with E-state index in [1.165, 1.54) is 0 Å². The quantitative estimate of drug-likeness (QED) is 0.467. The molecule has 1 aliphatic rings. The molecule has 0 saturated carbocycles. The highest BCUT2D eigenvalue weighted by Crippen LogP contribution is 2.39. The van der Waals surface area contributed by atoms with Crippen LogP contribution in [0.2, 0.25) is 0 Å². The Balaban J connectivity index is 1.66. The Morgan fingerprint density at radius 1 is 1.10 bits per heavy atom. The van der Waals surface area contributed by atoms with Crippen LogP contribution in [-0.2, 0) is 11.0 Å². The summed E-state index contributed by atoms with van der Waals surface area (Å²) in [6.07, 6.45) is -11.1. The summed E-state index contributed by atoms with van der Waals surface area (Å²) >= 11 is 0. The number of nitrogens with two attached hydrogens (primary N) is 1. The molecule has 0 radical (unpaired) electrons. The predicted octanol–water partition coefficient (Wildman–Crippen LogP) is 3.75. The molecule has 3 aromatic rings. The number of amides is 2. The van der Waals surface area contributed by atoms with Gasteiger partial charge >= 0.3 is 12.4 Å². The second kappa shape index (κ2) is 9.60. The van der Waals surface area contributed by atoms with Crippen molar-refractivity contribution in [3.8, 4) is 11.3 Å². The predicted molar refractivity (Wildman–Crippen MR) is 116 cm³/mol. The maximum atomic E-state index is 14.6. The molecule has 3 atom stereocenters. The van der Waals surface area contributed by atoms with Gasteiger partial charge in [0.2, 0.25) is 5.91 Å². The van der Waals surface area contributed by atoms with Gasteiger partial charge in [-0.25, -0.2) is 22.7 Å². The average molecular weight is 568 g/mol. The van der Waals surface area contributed by atoms with Crippen molar-refractivity contribution in [1.29, 1.82) is 0 Å². The van der Waals surface area contributed by atoms with E-state index in [4.69, 9.17) is 5.73 Å². The standard InChI is InChI=1S/C22H17F9N6O2/c1-8(21(26,27)28)20(39)36-5-13(24)14(6-36)35-19(38)10-2-9(3-12(23)16(10)25)15-4-11(22(29,30)31)17-18(32)33-7-34-37(15)17/h2-4,7-8,13-14H,5-6H2,1H3,(H,35,38)(H2,32,33,34)/t8?,13-,14+/m0/s1. The number of hydrogen-bond acceptors (Lipinski definition) is 5. The number of halogens is 9. The van der Waals surface area contributed by atoms with Gasteiger partial charge in [0.1, 0.15) is 23.9 Å². The van der Waals surface area contributed by atoms with Gasteiger partial charge in [0.05, 0.1) is 29.4 Å². The highest BCUT2D eigenvalue weighted by molar-refractivity contribution is 5.96. The first-order chi connectivity index (χ1) is 18.0. The molecule has 1 unspecified atom stereocenters. The highest BCUT2D eigenvalue weighted by Gasteiger charge is 2.46. The third-order valence-electron chi connectivity index (χ3n) is 6.19. The summed E-state index contributed by atoms with van der Waals surface area (Å²) in [7, 11) is 0. The number of nitrogens with one attached hydrogen (secondary N) is 1. The van der Waals surface area contributed by atoms with Crippen LogP contribution in [0.5, 0.6) is 0 Å². The van der Waals surface area contributed by atoms with Crippen LogP contribution in [0.4, 0.5) is 45.3 Å². The number of carbonyl (C=O) groups is 2. The number of hydrogen-bond donors (Lipinski definition) is 2. The summed E-state index contributed by atoms with van der Waals surface area (Å²) in [6.45, 7) is -0.901. The van der Waals surface area contributed by atoms with Gasteiger partial charge in [0.15, 0.2) is 17.5 Å². The van der Waals surface area contributed by atoms with Gasteiger partial charge < -0.3 is 16.0 Å². The van der Waals surface area contributed by atoms with E-state index in [0.717, 1.165) is 6.33 Å². The zero-order valence-electron chi connectivity index (χ0n) is 19.5. The van der Waals surface area contributed by atoms with Gasteiger partial charge in [0.25, 0.3) is 5.91 Å². The maximum Gasteiger partial charge on any atom is 0.418 e. The van der Waals surface area contributed by atoms with Crippen LogP contribution in [0.3, 0.4) is 0 Å². The third-order valence-corrected chi connectivity index (χ3v) is 6.19. The summed E-state index contributed by atoms with van der Waals surface area (Å²) in [6, 6.07) is 0.143. The molecule has 3 N–H and O–H groups in total. The van der Waals surface area contributed by atoms with Crippen molar-refractivity contribution in [1.82, 2.24) is 24.8 Å². The Bertz CT molecular complexity index is 1450. The van der Waals surface area contributed by atoms with Crippen molar-refractivity contribution < 1.29 is 49.1 Å². The summed E-state index contributed by atoms with van der Waals surface area (Å²) in [4.78, 5) is 28.8. The maximum absolute atomic E-state index is 14.6. The fourth-order valence-corrected chi connectivity index (χ4v) is 4.13. The fourth-order valence-electron chi connectivity index (χ4n) is 4.13. The molecule has 2 amide bonds. The molecular formula is C22H17F9N6O2. The van der Waals surface area contributed by atoms with Crippen molar-refractivity contribution in [3.63, 3.8) is 0 Å². The molecule has 1 aliphatic heterocycles. The average Bonchev–Trinajstić information content (AvgIpc) is 3.41. The number of benzene rings is 1. The van der Waals surface area contributed by atoms with Crippen LogP contribution in [0, 0.1) is 17.6 Å². The molecule has 0 bridgehead atoms. The molecule has 1 saturated heterocycles. The van der Waals surface area contributed by atoms with Crippen LogP contribution in [-0.4, -0.2) is 62.8 Å². The highest BCUT2D eigenvalue weighted by atomic mass is 19.4. The van der Waals surface area contributed by atoms with E-state index < -0.39 is 101 Å². The van der Waals surface area contributed by atoms with E-state index in [1.54, 1.807) is 0 Å². The van der Waals surface area contributed by atoms with Crippen LogP contribution in [0.1, 0.15) is 22.8 Å². The minimum Gasteiger partial charge on any atom is -0.382 e. The number of nitrogen functional groups attached to an aromatic ring is 1. The summed E-state index contributed by atoms with van der Waals surface area (Å²) in [5, 5.41) is 5.67. The fraction of sp³-hybridized carbons (Fsp3) is 0.364. The van der Waals surface area contributed by atoms with Gasteiger partial charge in [-0.2, -0.15) is 31.4 Å². The number of aromatic nitrogens is 3. The molecular weight excluding hydrogens is 551 g/mol. The van der Waals surface area contributed by atoms with Crippen molar-refractivity contribution in [3.05, 3.63) is 47.3 Å². The largest absolute Gasteiger partial charge is 0.418 e. The van der Waals surface area contributed by atoms with Crippen molar-refractivity contribution >= 4 is 23.1 Å². The first-order valence-electron chi connectivity index (χ1n) is 11.0. The number of alkyl halides is 7. The first-order valence-corrected chi connectivity index (χ1v) is 11.0. The molecule has 2 aromatic heterocycles. The first kappa shape index (κ1) is 28.0. The molecule has 1 fully saturated rings. The Labute approximate surface area is 212 Å². The van der Waals surface area contributed by atoms with Crippen LogP contribution in [0.15, 0.2) is 24.5 Å². The van der Waals surface area contributed by atoms with E-state index in [9.17, 15) is 49.1 Å². The number of nitrogens with zero attached hydrogens (tertiary/aromatic N) is 4. The van der Waals surface area contributed by atoms with Gasteiger partial charge in [-0.3, -0.25) is 9.59 Å². The number of carbonyl (C=O) groups excluding carboxylic acids is 2. The molecule has 0 aliphatic carbocycles. The van der Waals surface area contributed by atoms with E-state index in [0.29, 0.717) is 34.5 Å². The Kier molecular flexibility index (Phi) is 6.89. The van der Waals surface area contributed by atoms with Gasteiger partial charge in [-0.05, 0) is 25.1 Å². The van der Waals surface area contributed by atoms with Gasteiger partial charge in [-0.1, -0.05) is 0 Å². The summed E-state index contributed by atoms with van der Waals surface area (Å²) in [5.41, 5.74) is 1.65. The lowest BCUT2D eigenvalue weighted by Crippen LogP contribution is -2.43. The monoisotopic (exact) mass is 568 g/mol. The van der Waals surface area contributed by atoms with E-state index in [1.807, 2.05) is 5.32 Å². The Morgan fingerprint density at radius 3 is 2.38 bits per heavy atom. The van der Waals surface area contributed by atoms with Crippen molar-refractivity contribution in [2.45, 2.75) is 31.5 Å². The summed E-state index contributed by atoms with van der Waals surface area (Å²) in [5.74, 6) is -9.26. The molecule has 39 heavy (non-hydrogen) atoms. The van der Waals surface area contributed by atoms with Crippen LogP contribution in [0.25, 0.3) is 16.8 Å². The minimum absolute atomic E-state index is 0.443. The zero-order chi connectivity index (χ0) is 29.0. The topological polar surface area (TPSA) is 106 Å². The third kappa shape index (κ3) is 5.16. The molecule has 17 heteroatoms. The van der Waals surface area contributed by atoms with E-state index >= 15 is 0 Å². The molecule has 1 aromatic carbocycles. The molecule has 0 spiro atoms. The molecule has 8 nitrogen and oxygen atoms in total. The SMILES string of the molecule is CC(C(=O)N1C[C@H](F)[C@H](NC(=O)c2cc(-c3cc(C(F)(F)F)c4c(N)ncnn34)cc(F)c2F)C1)C(F)(F)F. The second-order valence-electron chi connectivity index (χ2n) is 8.77. The van der Waals surface area contributed by atoms with Gasteiger partial charge in [0, 0.05) is 12.1 Å². The zero-order valence-corrected chi connectivity index (χ0v) is 19.5. The van der Waals surface area contributed by atoms with Crippen LogP contribution >= 0.6 is 0 Å². The normalized spacial score (nSPS) is 19.0. The lowest BCUT2D eigenvalue weighted by Gasteiger charge is -2.22. The lowest BCUT2D eigenvalue weighted by molar-refractivity contribution is -0.185. The lowest BCUT2D eigenvalue weighted by atomic mass is 10.1. The molecule has 210 valence electrons. The number of anilines is 1. The van der Waals surface area contributed by atoms with Crippen molar-refractivity contribution in [2.75, 3.05) is 18.8 Å². The molecule has 4 rings (SSSR count). The van der Waals surface area contributed by atoms with E-state index in [2.05, 4.69) is 10.1 Å². The number of likely N-dealkylation sites (tertiary alicyclic amines) is 1. The second-order valence-corrected chi connectivity index (χ2v) is 8.77. The van der Waals surface area contributed by atoms with Crippen molar-refractivity contribution in [2.24, 2.45) is 5.92 Å².